The van der Waals surface area contributed by atoms with Crippen LogP contribution in [0.25, 0.3) is 0 Å². The number of benzene rings is 4. The zero-order valence-corrected chi connectivity index (χ0v) is 21.2. The Morgan fingerprint density at radius 3 is 2.46 bits per heavy atom. The minimum Gasteiger partial charge on any atom is -0.493 e. The first-order valence-electron chi connectivity index (χ1n) is 11.3. The lowest BCUT2D eigenvalue weighted by atomic mass is 10.1. The van der Waals surface area contributed by atoms with Crippen molar-refractivity contribution in [3.8, 4) is 11.5 Å². The summed E-state index contributed by atoms with van der Waals surface area (Å²) in [5, 5.41) is 3.75. The van der Waals surface area contributed by atoms with Crippen molar-refractivity contribution in [1.29, 1.82) is 0 Å². The summed E-state index contributed by atoms with van der Waals surface area (Å²) in [7, 11) is 0. The molecule has 0 saturated carbocycles. The number of carbonyl (C=O) groups is 1. The van der Waals surface area contributed by atoms with E-state index in [2.05, 4.69) is 5.32 Å². The number of anilines is 1. The first-order valence-corrected chi connectivity index (χ1v) is 12.5. The topological polar surface area (TPSA) is 47.6 Å². The average molecular weight is 504 g/mol. The van der Waals surface area contributed by atoms with Gasteiger partial charge in [0, 0.05) is 25.9 Å². The fourth-order valence-corrected chi connectivity index (χ4v) is 4.51. The Morgan fingerprint density at radius 2 is 1.69 bits per heavy atom. The van der Waals surface area contributed by atoms with Gasteiger partial charge in [-0.05, 0) is 80.1 Å². The first kappa shape index (κ1) is 24.7. The van der Waals surface area contributed by atoms with E-state index in [9.17, 15) is 4.79 Å². The maximum absolute atomic E-state index is 13.2. The molecule has 0 aliphatic rings. The summed E-state index contributed by atoms with van der Waals surface area (Å²) in [4.78, 5) is 15.3. The van der Waals surface area contributed by atoms with E-state index < -0.39 is 0 Å². The molecule has 0 aromatic heterocycles. The summed E-state index contributed by atoms with van der Waals surface area (Å²) < 4.78 is 11.8. The number of nitrogens with one attached hydrogen (secondary N) is 1. The molecule has 0 bridgehead atoms. The van der Waals surface area contributed by atoms with Crippen LogP contribution in [0.15, 0.2) is 101 Å². The van der Waals surface area contributed by atoms with E-state index in [0.29, 0.717) is 28.7 Å². The molecule has 4 aromatic rings. The molecule has 0 heterocycles. The second-order valence-corrected chi connectivity index (χ2v) is 9.34. The van der Waals surface area contributed by atoms with Gasteiger partial charge >= 0.3 is 0 Å². The lowest BCUT2D eigenvalue weighted by molar-refractivity contribution is 0.102. The third kappa shape index (κ3) is 6.59. The third-order valence-corrected chi connectivity index (χ3v) is 6.76. The van der Waals surface area contributed by atoms with Gasteiger partial charge in [0.05, 0.1) is 12.3 Å². The van der Waals surface area contributed by atoms with E-state index in [1.54, 1.807) is 17.8 Å². The van der Waals surface area contributed by atoms with Crippen molar-refractivity contribution in [3.63, 3.8) is 0 Å². The lowest BCUT2D eigenvalue weighted by Gasteiger charge is -2.15. The van der Waals surface area contributed by atoms with Crippen LogP contribution in [0.3, 0.4) is 0 Å². The number of hydrogen-bond donors (Lipinski definition) is 1. The van der Waals surface area contributed by atoms with Gasteiger partial charge in [-0.25, -0.2) is 0 Å². The number of halogens is 1. The number of para-hydroxylation sites is 1. The third-order valence-electron chi connectivity index (χ3n) is 5.25. The molecule has 178 valence electrons. The monoisotopic (exact) mass is 503 g/mol. The van der Waals surface area contributed by atoms with Crippen molar-refractivity contribution < 1.29 is 14.3 Å². The summed E-state index contributed by atoms with van der Waals surface area (Å²) in [6.45, 7) is 4.63. The van der Waals surface area contributed by atoms with Crippen LogP contribution < -0.4 is 14.8 Å². The number of rotatable bonds is 9. The van der Waals surface area contributed by atoms with Crippen LogP contribution in [0.1, 0.15) is 28.4 Å². The van der Waals surface area contributed by atoms with Gasteiger partial charge in [0.1, 0.15) is 18.1 Å². The summed E-state index contributed by atoms with van der Waals surface area (Å²) in [5.41, 5.74) is 3.02. The van der Waals surface area contributed by atoms with E-state index in [4.69, 9.17) is 21.1 Å². The molecule has 6 heteroatoms. The van der Waals surface area contributed by atoms with Crippen LogP contribution in [-0.2, 0) is 6.61 Å². The zero-order chi connectivity index (χ0) is 24.6. The van der Waals surface area contributed by atoms with Crippen LogP contribution >= 0.6 is 23.4 Å². The molecule has 4 rings (SSSR count). The number of amides is 1. The molecule has 35 heavy (non-hydrogen) atoms. The second-order valence-electron chi connectivity index (χ2n) is 7.82. The Hall–Kier alpha value is -3.41. The van der Waals surface area contributed by atoms with Crippen LogP contribution in [0.4, 0.5) is 5.69 Å². The summed E-state index contributed by atoms with van der Waals surface area (Å²) in [6, 6.07) is 28.8. The first-order chi connectivity index (χ1) is 17.0. The van der Waals surface area contributed by atoms with Crippen molar-refractivity contribution in [2.24, 2.45) is 0 Å². The second kappa shape index (κ2) is 11.8. The number of hydrogen-bond acceptors (Lipinski definition) is 4. The van der Waals surface area contributed by atoms with Crippen LogP contribution in [-0.4, -0.2) is 12.5 Å². The Balaban J connectivity index is 1.52. The highest BCUT2D eigenvalue weighted by atomic mass is 35.5. The van der Waals surface area contributed by atoms with Gasteiger partial charge in [-0.3, -0.25) is 4.79 Å². The summed E-state index contributed by atoms with van der Waals surface area (Å²) in [5.74, 6) is 1.20. The van der Waals surface area contributed by atoms with Gasteiger partial charge in [-0.1, -0.05) is 53.7 Å². The molecular formula is C29H26ClNO3S. The highest BCUT2D eigenvalue weighted by molar-refractivity contribution is 7.99. The van der Waals surface area contributed by atoms with E-state index in [1.165, 1.54) is 0 Å². The standard InChI is InChI=1S/C29H26ClNO3S/c1-3-33-27-16-13-21(18-22(27)19-34-23-14-15-25(30)20(2)17-23)29(32)31-26-11-7-8-12-28(26)35-24-9-5-4-6-10-24/h4-18H,3,19H2,1-2H3,(H,31,32). The molecular weight excluding hydrogens is 478 g/mol. The molecule has 4 aromatic carbocycles. The molecule has 0 aliphatic carbocycles. The number of carbonyl (C=O) groups excluding carboxylic acids is 1. The van der Waals surface area contributed by atoms with Crippen LogP contribution in [0.5, 0.6) is 11.5 Å². The predicted molar refractivity (Wildman–Crippen MR) is 143 cm³/mol. The van der Waals surface area contributed by atoms with E-state index in [-0.39, 0.29) is 12.5 Å². The van der Waals surface area contributed by atoms with Crippen molar-refractivity contribution in [1.82, 2.24) is 0 Å². The molecule has 0 radical (unpaired) electrons. The van der Waals surface area contributed by atoms with Crippen LogP contribution in [0, 0.1) is 6.92 Å². The van der Waals surface area contributed by atoms with Crippen molar-refractivity contribution in [3.05, 3.63) is 113 Å². The minimum absolute atomic E-state index is 0.197. The Kier molecular flexibility index (Phi) is 8.35. The van der Waals surface area contributed by atoms with Gasteiger partial charge in [-0.2, -0.15) is 0 Å². The molecule has 0 spiro atoms. The Labute approximate surface area is 215 Å². The van der Waals surface area contributed by atoms with Crippen molar-refractivity contribution >= 4 is 35.0 Å². The molecule has 0 aliphatic heterocycles. The smallest absolute Gasteiger partial charge is 0.255 e. The molecule has 1 amide bonds. The minimum atomic E-state index is -0.197. The van der Waals surface area contributed by atoms with E-state index in [0.717, 1.165) is 26.6 Å². The lowest BCUT2D eigenvalue weighted by Crippen LogP contribution is -2.13. The number of aryl methyl sites for hydroxylation is 1. The van der Waals surface area contributed by atoms with Gasteiger partial charge < -0.3 is 14.8 Å². The molecule has 0 fully saturated rings. The fraction of sp³-hybridized carbons (Fsp3) is 0.138. The van der Waals surface area contributed by atoms with Gasteiger partial charge in [0.25, 0.3) is 5.91 Å². The maximum atomic E-state index is 13.2. The molecule has 0 atom stereocenters. The Morgan fingerprint density at radius 1 is 0.914 bits per heavy atom. The SMILES string of the molecule is CCOc1ccc(C(=O)Nc2ccccc2Sc2ccccc2)cc1COc1ccc(Cl)c(C)c1. The van der Waals surface area contributed by atoms with Crippen LogP contribution in [0.2, 0.25) is 5.02 Å². The summed E-state index contributed by atoms with van der Waals surface area (Å²) >= 11 is 7.73. The zero-order valence-electron chi connectivity index (χ0n) is 19.6. The highest BCUT2D eigenvalue weighted by Crippen LogP contribution is 2.33. The highest BCUT2D eigenvalue weighted by Gasteiger charge is 2.14. The number of ether oxygens (including phenoxy) is 2. The van der Waals surface area contributed by atoms with Gasteiger partial charge in [-0.15, -0.1) is 0 Å². The molecule has 1 N–H and O–H groups in total. The van der Waals surface area contributed by atoms with E-state index >= 15 is 0 Å². The molecule has 4 nitrogen and oxygen atoms in total. The van der Waals surface area contributed by atoms with E-state index in [1.807, 2.05) is 98.8 Å². The van der Waals surface area contributed by atoms with Crippen molar-refractivity contribution in [2.45, 2.75) is 30.2 Å². The predicted octanol–water partition coefficient (Wildman–Crippen LogP) is 8.03. The maximum Gasteiger partial charge on any atom is 0.255 e. The molecule has 0 saturated heterocycles. The Bertz CT molecular complexity index is 1310. The van der Waals surface area contributed by atoms with Crippen molar-refractivity contribution in [2.75, 3.05) is 11.9 Å². The summed E-state index contributed by atoms with van der Waals surface area (Å²) in [6.07, 6.45) is 0. The van der Waals surface area contributed by atoms with Gasteiger partial charge in [0.15, 0.2) is 0 Å². The average Bonchev–Trinajstić information content (AvgIpc) is 2.87. The fourth-order valence-electron chi connectivity index (χ4n) is 3.47. The van der Waals surface area contributed by atoms with Gasteiger partial charge in [0.2, 0.25) is 0 Å². The largest absolute Gasteiger partial charge is 0.493 e. The normalized spacial score (nSPS) is 10.6. The quantitative estimate of drug-likeness (QED) is 0.251. The molecule has 0 unspecified atom stereocenters.